The lowest BCUT2D eigenvalue weighted by Gasteiger charge is -2.09. The van der Waals surface area contributed by atoms with Gasteiger partial charge in [0.25, 0.3) is 0 Å². The average molecular weight is 249 g/mol. The Hall–Kier alpha value is -1.87. The molecule has 4 heteroatoms. The van der Waals surface area contributed by atoms with Crippen molar-refractivity contribution in [3.63, 3.8) is 0 Å². The van der Waals surface area contributed by atoms with Gasteiger partial charge in [-0.25, -0.2) is 0 Å². The molecule has 3 nitrogen and oxygen atoms in total. The lowest BCUT2D eigenvalue weighted by atomic mass is 10.2. The van der Waals surface area contributed by atoms with Crippen molar-refractivity contribution in [2.75, 3.05) is 11.5 Å². The second kappa shape index (κ2) is 4.97. The molecule has 0 heterocycles. The van der Waals surface area contributed by atoms with Crippen LogP contribution in [0.15, 0.2) is 42.5 Å². The Morgan fingerprint density at radius 1 is 1.06 bits per heavy atom. The molecule has 2 rings (SSSR count). The fourth-order valence-electron chi connectivity index (χ4n) is 1.49. The highest BCUT2D eigenvalue weighted by atomic mass is 35.5. The first kappa shape index (κ1) is 11.6. The predicted molar refractivity (Wildman–Crippen MR) is 71.1 cm³/mol. The standard InChI is InChI=1S/C13H13ClN2O/c14-10-3-1-2-9(6-10)8-17-13-5-4-11(15)7-12(13)16/h1-7H,8,15-16H2. The molecule has 0 amide bonds. The maximum Gasteiger partial charge on any atom is 0.142 e. The van der Waals surface area contributed by atoms with E-state index in [-0.39, 0.29) is 0 Å². The Morgan fingerprint density at radius 2 is 1.88 bits per heavy atom. The molecular formula is C13H13ClN2O. The van der Waals surface area contributed by atoms with E-state index in [0.29, 0.717) is 28.8 Å². The van der Waals surface area contributed by atoms with Crippen molar-refractivity contribution in [2.45, 2.75) is 6.61 Å². The van der Waals surface area contributed by atoms with Crippen molar-refractivity contribution in [3.05, 3.63) is 53.1 Å². The molecule has 17 heavy (non-hydrogen) atoms. The summed E-state index contributed by atoms with van der Waals surface area (Å²) in [4.78, 5) is 0. The summed E-state index contributed by atoms with van der Waals surface area (Å²) in [6, 6.07) is 12.7. The van der Waals surface area contributed by atoms with E-state index in [1.165, 1.54) is 0 Å². The number of nitrogen functional groups attached to an aromatic ring is 2. The third-order valence-corrected chi connectivity index (χ3v) is 2.55. The summed E-state index contributed by atoms with van der Waals surface area (Å²) >= 11 is 5.88. The smallest absolute Gasteiger partial charge is 0.142 e. The molecule has 0 atom stereocenters. The first-order valence-corrected chi connectivity index (χ1v) is 5.55. The fourth-order valence-corrected chi connectivity index (χ4v) is 1.70. The molecule has 0 spiro atoms. The van der Waals surface area contributed by atoms with Crippen LogP contribution in [-0.4, -0.2) is 0 Å². The SMILES string of the molecule is Nc1ccc(OCc2cccc(Cl)c2)c(N)c1. The van der Waals surface area contributed by atoms with Crippen LogP contribution in [0, 0.1) is 0 Å². The quantitative estimate of drug-likeness (QED) is 0.821. The number of nitrogens with two attached hydrogens (primary N) is 2. The van der Waals surface area contributed by atoms with Gasteiger partial charge in [-0.05, 0) is 35.9 Å². The highest BCUT2D eigenvalue weighted by Crippen LogP contribution is 2.24. The summed E-state index contributed by atoms with van der Waals surface area (Å²) in [5.41, 5.74) is 13.5. The first-order valence-electron chi connectivity index (χ1n) is 5.17. The second-order valence-corrected chi connectivity index (χ2v) is 4.15. The predicted octanol–water partition coefficient (Wildman–Crippen LogP) is 3.08. The largest absolute Gasteiger partial charge is 0.487 e. The number of benzene rings is 2. The summed E-state index contributed by atoms with van der Waals surface area (Å²) in [6.45, 7) is 0.425. The molecule has 0 aromatic heterocycles. The molecule has 0 fully saturated rings. The minimum absolute atomic E-state index is 0.425. The topological polar surface area (TPSA) is 61.3 Å². The summed E-state index contributed by atoms with van der Waals surface area (Å²) < 4.78 is 5.59. The van der Waals surface area contributed by atoms with E-state index in [1.807, 2.05) is 24.3 Å². The van der Waals surface area contributed by atoms with Gasteiger partial charge < -0.3 is 16.2 Å². The lowest BCUT2D eigenvalue weighted by molar-refractivity contribution is 0.308. The maximum absolute atomic E-state index is 5.88. The third kappa shape index (κ3) is 3.04. The second-order valence-electron chi connectivity index (χ2n) is 3.72. The summed E-state index contributed by atoms with van der Waals surface area (Å²) in [7, 11) is 0. The Bertz CT molecular complexity index is 529. The highest BCUT2D eigenvalue weighted by Gasteiger charge is 2.01. The van der Waals surface area contributed by atoms with E-state index in [4.69, 9.17) is 27.8 Å². The van der Waals surface area contributed by atoms with Crippen LogP contribution in [0.25, 0.3) is 0 Å². The number of halogens is 1. The van der Waals surface area contributed by atoms with Gasteiger partial charge in [0, 0.05) is 10.7 Å². The first-order chi connectivity index (χ1) is 8.15. The molecule has 0 aliphatic heterocycles. The Balaban J connectivity index is 2.07. The molecule has 88 valence electrons. The van der Waals surface area contributed by atoms with Crippen molar-refractivity contribution >= 4 is 23.0 Å². The molecule has 4 N–H and O–H groups in total. The molecule has 0 saturated heterocycles. The molecule has 0 aliphatic rings. The van der Waals surface area contributed by atoms with Crippen molar-refractivity contribution in [1.82, 2.24) is 0 Å². The zero-order chi connectivity index (χ0) is 12.3. The number of hydrogen-bond donors (Lipinski definition) is 2. The normalized spacial score (nSPS) is 10.2. The number of ether oxygens (including phenoxy) is 1. The molecule has 0 unspecified atom stereocenters. The van der Waals surface area contributed by atoms with E-state index in [0.717, 1.165) is 5.56 Å². The van der Waals surface area contributed by atoms with Gasteiger partial charge >= 0.3 is 0 Å². The van der Waals surface area contributed by atoms with Crippen LogP contribution in [0.2, 0.25) is 5.02 Å². The zero-order valence-corrected chi connectivity index (χ0v) is 9.95. The Morgan fingerprint density at radius 3 is 2.59 bits per heavy atom. The van der Waals surface area contributed by atoms with Gasteiger partial charge in [-0.3, -0.25) is 0 Å². The van der Waals surface area contributed by atoms with Crippen LogP contribution in [0.4, 0.5) is 11.4 Å². The van der Waals surface area contributed by atoms with Crippen molar-refractivity contribution in [1.29, 1.82) is 0 Å². The number of anilines is 2. The van der Waals surface area contributed by atoms with Gasteiger partial charge in [0.15, 0.2) is 0 Å². The Kier molecular flexibility index (Phi) is 3.40. The monoisotopic (exact) mass is 248 g/mol. The van der Waals surface area contributed by atoms with Gasteiger partial charge in [0.2, 0.25) is 0 Å². The minimum atomic E-state index is 0.425. The van der Waals surface area contributed by atoms with Gasteiger partial charge in [0.05, 0.1) is 5.69 Å². The summed E-state index contributed by atoms with van der Waals surface area (Å²) in [5.74, 6) is 0.624. The number of hydrogen-bond acceptors (Lipinski definition) is 3. The molecule has 0 saturated carbocycles. The van der Waals surface area contributed by atoms with Gasteiger partial charge in [-0.15, -0.1) is 0 Å². The van der Waals surface area contributed by atoms with Crippen LogP contribution in [-0.2, 0) is 6.61 Å². The van der Waals surface area contributed by atoms with E-state index in [2.05, 4.69) is 0 Å². The van der Waals surface area contributed by atoms with Crippen LogP contribution < -0.4 is 16.2 Å². The molecular weight excluding hydrogens is 236 g/mol. The lowest BCUT2D eigenvalue weighted by Crippen LogP contribution is -1.99. The van der Waals surface area contributed by atoms with E-state index < -0.39 is 0 Å². The van der Waals surface area contributed by atoms with Crippen molar-refractivity contribution in [3.8, 4) is 5.75 Å². The summed E-state index contributed by atoms with van der Waals surface area (Å²) in [5, 5.41) is 0.691. The van der Waals surface area contributed by atoms with E-state index in [9.17, 15) is 0 Å². The van der Waals surface area contributed by atoms with Gasteiger partial charge in [-0.1, -0.05) is 23.7 Å². The molecule has 0 aliphatic carbocycles. The minimum Gasteiger partial charge on any atom is -0.487 e. The van der Waals surface area contributed by atoms with Gasteiger partial charge in [-0.2, -0.15) is 0 Å². The molecule has 2 aromatic rings. The average Bonchev–Trinajstić information content (AvgIpc) is 2.28. The van der Waals surface area contributed by atoms with E-state index in [1.54, 1.807) is 18.2 Å². The van der Waals surface area contributed by atoms with E-state index >= 15 is 0 Å². The number of rotatable bonds is 3. The van der Waals surface area contributed by atoms with Crippen LogP contribution in [0.5, 0.6) is 5.75 Å². The zero-order valence-electron chi connectivity index (χ0n) is 9.19. The summed E-state index contributed by atoms with van der Waals surface area (Å²) in [6.07, 6.45) is 0. The third-order valence-electron chi connectivity index (χ3n) is 2.32. The fraction of sp³-hybridized carbons (Fsp3) is 0.0769. The molecule has 0 radical (unpaired) electrons. The molecule has 0 bridgehead atoms. The van der Waals surface area contributed by atoms with Gasteiger partial charge in [0.1, 0.15) is 12.4 Å². The van der Waals surface area contributed by atoms with Crippen LogP contribution in [0.3, 0.4) is 0 Å². The molecule has 2 aromatic carbocycles. The van der Waals surface area contributed by atoms with Crippen molar-refractivity contribution < 1.29 is 4.74 Å². The van der Waals surface area contributed by atoms with Crippen LogP contribution >= 0.6 is 11.6 Å². The highest BCUT2D eigenvalue weighted by molar-refractivity contribution is 6.30. The van der Waals surface area contributed by atoms with Crippen molar-refractivity contribution in [2.24, 2.45) is 0 Å². The maximum atomic E-state index is 5.88. The Labute approximate surface area is 105 Å². The van der Waals surface area contributed by atoms with Crippen LogP contribution in [0.1, 0.15) is 5.56 Å².